The van der Waals surface area contributed by atoms with Crippen LogP contribution in [0.25, 0.3) is 0 Å². The lowest BCUT2D eigenvalue weighted by Crippen LogP contribution is -2.97. The average Bonchev–Trinajstić information content (AvgIpc) is 2.27. The second kappa shape index (κ2) is 5.10. The summed E-state index contributed by atoms with van der Waals surface area (Å²) in [6.07, 6.45) is 0. The van der Waals surface area contributed by atoms with E-state index in [4.69, 9.17) is 10.2 Å². The predicted octanol–water partition coefficient (Wildman–Crippen LogP) is -0.507. The summed E-state index contributed by atoms with van der Waals surface area (Å²) in [6, 6.07) is 10.0. The third-order valence-electron chi connectivity index (χ3n) is 2.40. The second-order valence-corrected chi connectivity index (χ2v) is 3.86. The Kier molecular flexibility index (Phi) is 4.07. The lowest BCUT2D eigenvalue weighted by atomic mass is 10.0. The molecule has 0 aromatic heterocycles. The molecule has 3 nitrogen and oxygen atoms in total. The van der Waals surface area contributed by atoms with Crippen molar-refractivity contribution in [2.45, 2.75) is 19.0 Å². The third kappa shape index (κ3) is 3.10. The van der Waals surface area contributed by atoms with Gasteiger partial charge >= 0.3 is 0 Å². The van der Waals surface area contributed by atoms with Gasteiger partial charge in [-0.2, -0.15) is 0 Å². The maximum atomic E-state index is 9.07. The molecule has 0 aliphatic carbocycles. The molecule has 0 amide bonds. The molecule has 0 radical (unpaired) electrons. The van der Waals surface area contributed by atoms with Crippen LogP contribution in [0.3, 0.4) is 0 Å². The van der Waals surface area contributed by atoms with Gasteiger partial charge in [-0.15, -0.1) is 0 Å². The topological polar surface area (TPSA) is 57.1 Å². The average molecular weight is 196 g/mol. The van der Waals surface area contributed by atoms with E-state index in [2.05, 4.69) is 0 Å². The molecule has 0 fully saturated rings. The highest BCUT2D eigenvalue weighted by Gasteiger charge is 2.25. The van der Waals surface area contributed by atoms with Crippen molar-refractivity contribution in [2.24, 2.45) is 0 Å². The Morgan fingerprint density at radius 1 is 1.14 bits per heavy atom. The number of quaternary nitrogens is 1. The van der Waals surface area contributed by atoms with Crippen LogP contribution in [0.15, 0.2) is 30.3 Å². The van der Waals surface area contributed by atoms with Gasteiger partial charge in [0, 0.05) is 5.56 Å². The molecule has 0 spiro atoms. The van der Waals surface area contributed by atoms with Crippen LogP contribution in [0, 0.1) is 0 Å². The Labute approximate surface area is 84.4 Å². The van der Waals surface area contributed by atoms with Crippen molar-refractivity contribution in [3.63, 3.8) is 0 Å². The van der Waals surface area contributed by atoms with Crippen molar-refractivity contribution in [2.75, 3.05) is 13.2 Å². The maximum absolute atomic E-state index is 9.07. The van der Waals surface area contributed by atoms with E-state index in [0.29, 0.717) is 0 Å². The molecule has 0 aliphatic heterocycles. The van der Waals surface area contributed by atoms with E-state index < -0.39 is 5.54 Å². The van der Waals surface area contributed by atoms with Gasteiger partial charge in [0.2, 0.25) is 0 Å². The number of aliphatic hydroxyl groups excluding tert-OH is 2. The van der Waals surface area contributed by atoms with Crippen molar-refractivity contribution in [1.29, 1.82) is 0 Å². The molecule has 0 saturated carbocycles. The van der Waals surface area contributed by atoms with Crippen LogP contribution < -0.4 is 5.32 Å². The van der Waals surface area contributed by atoms with Gasteiger partial charge in [-0.05, 0) is 6.92 Å². The molecule has 0 bridgehead atoms. The molecule has 0 atom stereocenters. The van der Waals surface area contributed by atoms with E-state index in [-0.39, 0.29) is 13.2 Å². The normalized spacial score (nSPS) is 11.6. The molecule has 1 rings (SSSR count). The Hall–Kier alpha value is -0.900. The summed E-state index contributed by atoms with van der Waals surface area (Å²) in [7, 11) is 0. The SMILES string of the molecule is CC(CO)(CO)[NH2+]Cc1ccccc1. The summed E-state index contributed by atoms with van der Waals surface area (Å²) < 4.78 is 0. The van der Waals surface area contributed by atoms with Gasteiger partial charge in [-0.1, -0.05) is 30.3 Å². The Balaban J connectivity index is 2.48. The summed E-state index contributed by atoms with van der Waals surface area (Å²) in [5.74, 6) is 0. The van der Waals surface area contributed by atoms with Crippen molar-refractivity contribution >= 4 is 0 Å². The van der Waals surface area contributed by atoms with E-state index in [9.17, 15) is 0 Å². The van der Waals surface area contributed by atoms with Crippen LogP contribution in [0.4, 0.5) is 0 Å². The van der Waals surface area contributed by atoms with Crippen molar-refractivity contribution < 1.29 is 15.5 Å². The highest BCUT2D eigenvalue weighted by molar-refractivity contribution is 5.13. The van der Waals surface area contributed by atoms with Gasteiger partial charge in [-0.3, -0.25) is 0 Å². The quantitative estimate of drug-likeness (QED) is 0.594. The molecule has 0 heterocycles. The number of benzene rings is 1. The fraction of sp³-hybridized carbons (Fsp3) is 0.455. The largest absolute Gasteiger partial charge is 0.390 e. The standard InChI is InChI=1S/C11H17NO2/c1-11(8-13,9-14)12-7-10-5-3-2-4-6-10/h2-6,12-14H,7-9H2,1H3/p+1. The lowest BCUT2D eigenvalue weighted by Gasteiger charge is -2.22. The number of aliphatic hydroxyl groups is 2. The molecule has 78 valence electrons. The molecule has 3 heteroatoms. The van der Waals surface area contributed by atoms with E-state index in [1.165, 1.54) is 5.56 Å². The highest BCUT2D eigenvalue weighted by atomic mass is 16.3. The summed E-state index contributed by atoms with van der Waals surface area (Å²) in [6.45, 7) is 2.58. The first-order chi connectivity index (χ1) is 6.70. The zero-order valence-electron chi connectivity index (χ0n) is 8.48. The van der Waals surface area contributed by atoms with E-state index in [0.717, 1.165) is 6.54 Å². The first kappa shape index (κ1) is 11.2. The Morgan fingerprint density at radius 3 is 2.21 bits per heavy atom. The molecule has 0 unspecified atom stereocenters. The zero-order valence-corrected chi connectivity index (χ0v) is 8.48. The monoisotopic (exact) mass is 196 g/mol. The molecule has 4 N–H and O–H groups in total. The summed E-state index contributed by atoms with van der Waals surface area (Å²) in [5, 5.41) is 20.1. The van der Waals surface area contributed by atoms with Gasteiger partial charge in [0.1, 0.15) is 12.1 Å². The third-order valence-corrected chi connectivity index (χ3v) is 2.40. The van der Waals surface area contributed by atoms with Gasteiger partial charge in [-0.25, -0.2) is 0 Å². The molecular weight excluding hydrogens is 178 g/mol. The van der Waals surface area contributed by atoms with Crippen LogP contribution >= 0.6 is 0 Å². The van der Waals surface area contributed by atoms with Crippen LogP contribution in [0.2, 0.25) is 0 Å². The Morgan fingerprint density at radius 2 is 1.71 bits per heavy atom. The minimum absolute atomic E-state index is 0.0175. The minimum Gasteiger partial charge on any atom is -0.390 e. The zero-order chi connectivity index (χ0) is 10.4. The van der Waals surface area contributed by atoms with Gasteiger partial charge < -0.3 is 15.5 Å². The summed E-state index contributed by atoms with van der Waals surface area (Å²) >= 11 is 0. The fourth-order valence-electron chi connectivity index (χ4n) is 1.16. The van der Waals surface area contributed by atoms with Crippen LogP contribution in [-0.4, -0.2) is 29.0 Å². The Bertz CT molecular complexity index is 257. The summed E-state index contributed by atoms with van der Waals surface area (Å²) in [4.78, 5) is 0. The fourth-order valence-corrected chi connectivity index (χ4v) is 1.16. The van der Waals surface area contributed by atoms with Gasteiger partial charge in [0.25, 0.3) is 0 Å². The molecule has 14 heavy (non-hydrogen) atoms. The first-order valence-corrected chi connectivity index (χ1v) is 4.80. The summed E-state index contributed by atoms with van der Waals surface area (Å²) in [5.41, 5.74) is 0.719. The second-order valence-electron chi connectivity index (χ2n) is 3.86. The first-order valence-electron chi connectivity index (χ1n) is 4.80. The predicted molar refractivity (Wildman–Crippen MR) is 54.6 cm³/mol. The smallest absolute Gasteiger partial charge is 0.140 e. The van der Waals surface area contributed by atoms with Crippen LogP contribution in [-0.2, 0) is 6.54 Å². The van der Waals surface area contributed by atoms with Gasteiger partial charge in [0.15, 0.2) is 0 Å². The molecule has 1 aromatic carbocycles. The number of hydrogen-bond acceptors (Lipinski definition) is 2. The van der Waals surface area contributed by atoms with E-state index >= 15 is 0 Å². The molecular formula is C11H18NO2+. The van der Waals surface area contributed by atoms with Crippen molar-refractivity contribution in [1.82, 2.24) is 0 Å². The van der Waals surface area contributed by atoms with Crippen molar-refractivity contribution in [3.05, 3.63) is 35.9 Å². The molecule has 1 aromatic rings. The van der Waals surface area contributed by atoms with Crippen LogP contribution in [0.5, 0.6) is 0 Å². The minimum atomic E-state index is -0.476. The maximum Gasteiger partial charge on any atom is 0.140 e. The van der Waals surface area contributed by atoms with Crippen molar-refractivity contribution in [3.8, 4) is 0 Å². The molecule has 0 saturated heterocycles. The highest BCUT2D eigenvalue weighted by Crippen LogP contribution is 1.97. The number of rotatable bonds is 5. The van der Waals surface area contributed by atoms with E-state index in [1.807, 2.05) is 42.6 Å². The van der Waals surface area contributed by atoms with Gasteiger partial charge in [0.05, 0.1) is 13.2 Å². The number of nitrogens with two attached hydrogens (primary N) is 1. The van der Waals surface area contributed by atoms with Crippen LogP contribution in [0.1, 0.15) is 12.5 Å². The number of hydrogen-bond donors (Lipinski definition) is 3. The molecule has 0 aliphatic rings. The lowest BCUT2D eigenvalue weighted by molar-refractivity contribution is -0.741. The van der Waals surface area contributed by atoms with E-state index in [1.54, 1.807) is 0 Å².